The number of nitrogens with two attached hydrogens (primary N) is 2. The zero-order chi connectivity index (χ0) is 45.3. The van der Waals surface area contributed by atoms with Crippen LogP contribution in [-0.2, 0) is 49.6 Å². The van der Waals surface area contributed by atoms with E-state index in [1.165, 1.54) is 0 Å². The molecule has 0 saturated heterocycles. The van der Waals surface area contributed by atoms with E-state index in [0.29, 0.717) is 5.56 Å². The van der Waals surface area contributed by atoms with Gasteiger partial charge < -0.3 is 79.8 Å². The number of para-hydroxylation sites is 1. The van der Waals surface area contributed by atoms with E-state index in [0.717, 1.165) is 10.9 Å². The molecule has 26 nitrogen and oxygen atoms in total. The Balaban J connectivity index is 1.94. The van der Waals surface area contributed by atoms with E-state index >= 15 is 0 Å². The molecule has 3 unspecified atom stereocenters. The van der Waals surface area contributed by atoms with Crippen molar-refractivity contribution < 1.29 is 53.4 Å². The van der Waals surface area contributed by atoms with Crippen molar-refractivity contribution in [3.05, 3.63) is 36.0 Å². The van der Waals surface area contributed by atoms with E-state index in [1.54, 1.807) is 30.5 Å². The van der Waals surface area contributed by atoms with Crippen molar-refractivity contribution in [2.75, 3.05) is 45.9 Å². The van der Waals surface area contributed by atoms with Crippen LogP contribution in [0.25, 0.3) is 10.9 Å². The highest BCUT2D eigenvalue weighted by Gasteiger charge is 2.27. The number of carboxylic acids is 1. The Morgan fingerprint density at radius 3 is 1.56 bits per heavy atom. The van der Waals surface area contributed by atoms with Crippen molar-refractivity contribution in [3.8, 4) is 0 Å². The van der Waals surface area contributed by atoms with Gasteiger partial charge >= 0.3 is 5.97 Å². The first kappa shape index (κ1) is 49.6. The first-order chi connectivity index (χ1) is 29.0. The van der Waals surface area contributed by atoms with Crippen LogP contribution in [0.15, 0.2) is 30.5 Å². The largest absolute Gasteiger partial charge is 0.480 e. The summed E-state index contributed by atoms with van der Waals surface area (Å²) in [6, 6.07) is 1.78. The number of guanidine groups is 2. The minimum atomic E-state index is -1.59. The Hall–Kier alpha value is -7.51. The van der Waals surface area contributed by atoms with E-state index in [2.05, 4.69) is 58.2 Å². The van der Waals surface area contributed by atoms with Crippen LogP contribution in [0.5, 0.6) is 0 Å². The lowest BCUT2D eigenvalue weighted by atomic mass is 10.0. The van der Waals surface area contributed by atoms with Crippen LogP contribution in [0.3, 0.4) is 0 Å². The van der Waals surface area contributed by atoms with Crippen LogP contribution < -0.4 is 64.6 Å². The number of hydrogen-bond acceptors (Lipinski definition) is 12. The number of aliphatic carboxylic acids is 1. The zero-order valence-corrected chi connectivity index (χ0v) is 33.0. The van der Waals surface area contributed by atoms with E-state index in [9.17, 15) is 53.4 Å². The number of carboxylic acid groups (broad SMARTS) is 1. The third-order valence-corrected chi connectivity index (χ3v) is 8.46. The molecule has 2 rings (SSSR count). The van der Waals surface area contributed by atoms with E-state index in [1.807, 2.05) is 0 Å². The minimum absolute atomic E-state index is 0.0469. The molecule has 4 atom stereocenters. The summed E-state index contributed by atoms with van der Waals surface area (Å²) in [6.07, 6.45) is 2.29. The highest BCUT2D eigenvalue weighted by Crippen LogP contribution is 2.19. The molecule has 0 aliphatic rings. The fourth-order valence-corrected chi connectivity index (χ4v) is 5.50. The summed E-state index contributed by atoms with van der Waals surface area (Å²) in [5.41, 5.74) is 11.9. The molecular formula is C35H53N15O11. The second-order valence-electron chi connectivity index (χ2n) is 13.2. The summed E-state index contributed by atoms with van der Waals surface area (Å²) in [7, 11) is 0. The first-order valence-electron chi connectivity index (χ1n) is 18.8. The zero-order valence-electron chi connectivity index (χ0n) is 33.0. The third kappa shape index (κ3) is 19.2. The highest BCUT2D eigenvalue weighted by molar-refractivity contribution is 5.95. The van der Waals surface area contributed by atoms with Crippen LogP contribution in [0, 0.1) is 10.8 Å². The SMILES string of the molecule is N=C(N)NCCCC(NC(=O)CNC=O)C(=O)NCC(=O)NC(CCCNC(=N)N)C(=O)NCC(=O)NC(CO)C(=O)NCC(=O)N[C@@H](Cc1c[nH]c2ccccc12)C(=O)O. The van der Waals surface area contributed by atoms with Gasteiger partial charge in [0, 0.05) is 36.6 Å². The number of aromatic nitrogens is 1. The van der Waals surface area contributed by atoms with Gasteiger partial charge in [-0.05, 0) is 37.3 Å². The summed E-state index contributed by atoms with van der Waals surface area (Å²) in [5.74, 6) is -8.00. The third-order valence-electron chi connectivity index (χ3n) is 8.46. The molecule has 0 fully saturated rings. The lowest BCUT2D eigenvalue weighted by molar-refractivity contribution is -0.141. The predicted molar refractivity (Wildman–Crippen MR) is 216 cm³/mol. The number of fused-ring (bicyclic) bond motifs is 1. The quantitative estimate of drug-likeness (QED) is 0.0164. The summed E-state index contributed by atoms with van der Waals surface area (Å²) >= 11 is 0. The molecule has 0 radical (unpaired) electrons. The summed E-state index contributed by atoms with van der Waals surface area (Å²) < 4.78 is 0. The number of hydrogen-bond donors (Lipinski definition) is 17. The number of nitrogens with one attached hydrogen (secondary N) is 13. The Bertz CT molecular complexity index is 1890. The van der Waals surface area contributed by atoms with Crippen molar-refractivity contribution in [2.24, 2.45) is 11.5 Å². The number of H-pyrrole nitrogens is 1. The fraction of sp³-hybridized carbons (Fsp3) is 0.457. The smallest absolute Gasteiger partial charge is 0.326 e. The van der Waals surface area contributed by atoms with Gasteiger partial charge in [-0.2, -0.15) is 0 Å². The van der Waals surface area contributed by atoms with Gasteiger partial charge in [0.2, 0.25) is 47.8 Å². The molecule has 334 valence electrons. The molecule has 0 saturated carbocycles. The molecular weight excluding hydrogens is 806 g/mol. The van der Waals surface area contributed by atoms with Gasteiger partial charge in [0.05, 0.1) is 32.8 Å². The summed E-state index contributed by atoms with van der Waals surface area (Å²) in [5, 5.41) is 58.2. The van der Waals surface area contributed by atoms with Gasteiger partial charge in [-0.3, -0.25) is 49.2 Å². The topological polar surface area (TPSA) is 430 Å². The Labute approximate surface area is 348 Å². The maximum Gasteiger partial charge on any atom is 0.326 e. The monoisotopic (exact) mass is 859 g/mol. The molecule has 2 aromatic rings. The maximum absolute atomic E-state index is 13.1. The molecule has 26 heteroatoms. The molecule has 8 amide bonds. The van der Waals surface area contributed by atoms with Gasteiger partial charge in [-0.1, -0.05) is 18.2 Å². The molecule has 1 aromatic heterocycles. The number of aliphatic hydroxyl groups excluding tert-OH is 1. The summed E-state index contributed by atoms with van der Waals surface area (Å²) in [4.78, 5) is 114. The lowest BCUT2D eigenvalue weighted by Gasteiger charge is -2.21. The van der Waals surface area contributed by atoms with E-state index in [-0.39, 0.29) is 63.5 Å². The normalized spacial score (nSPS) is 12.5. The standard InChI is InChI=1S/C35H53N15O11/c36-34(37)41-9-3-7-22(47-26(53)13-40-18-52)30(57)44-14-27(54)48-23(8-4-10-42-35(38)39)31(58)45-16-29(56)50-25(17-51)32(59)46-15-28(55)49-24(33(60)61)11-19-12-43-21-6-2-1-5-20(19)21/h1-2,5-6,12,18,22-25,43,51H,3-4,7-11,13-17H2,(H,40,52)(H,44,57)(H,45,58)(H,46,59)(H,47,53)(H,48,54)(H,49,55)(H,50,56)(H,60,61)(H4,36,37,41)(H4,38,39,42)/t22?,23?,24-,25?/m0/s1. The predicted octanol–water partition coefficient (Wildman–Crippen LogP) is -6.65. The molecule has 61 heavy (non-hydrogen) atoms. The maximum atomic E-state index is 13.1. The number of benzene rings is 1. The molecule has 1 aromatic carbocycles. The number of amides is 8. The van der Waals surface area contributed by atoms with Gasteiger partial charge in [0.1, 0.15) is 24.2 Å². The van der Waals surface area contributed by atoms with Crippen LogP contribution in [0.1, 0.15) is 31.2 Å². The second-order valence-corrected chi connectivity index (χ2v) is 13.2. The second kappa shape index (κ2) is 26.5. The number of carbonyl (C=O) groups excluding carboxylic acids is 8. The lowest BCUT2D eigenvalue weighted by Crippen LogP contribution is -2.55. The number of aliphatic hydroxyl groups is 1. The van der Waals surface area contributed by atoms with Gasteiger partial charge in [-0.25, -0.2) is 4.79 Å². The van der Waals surface area contributed by atoms with Gasteiger partial charge in [0.15, 0.2) is 11.9 Å². The van der Waals surface area contributed by atoms with E-state index < -0.39 is 104 Å². The molecule has 0 aliphatic carbocycles. The Morgan fingerprint density at radius 2 is 1.10 bits per heavy atom. The van der Waals surface area contributed by atoms with Gasteiger partial charge in [0.25, 0.3) is 0 Å². The Kier molecular flexibility index (Phi) is 21.5. The van der Waals surface area contributed by atoms with Crippen molar-refractivity contribution in [1.29, 1.82) is 10.8 Å². The number of aromatic amines is 1. The molecule has 1 heterocycles. The Morgan fingerprint density at radius 1 is 0.656 bits per heavy atom. The minimum Gasteiger partial charge on any atom is -0.480 e. The molecule has 0 spiro atoms. The molecule has 0 aliphatic heterocycles. The van der Waals surface area contributed by atoms with E-state index in [4.69, 9.17) is 22.3 Å². The van der Waals surface area contributed by atoms with Crippen molar-refractivity contribution in [2.45, 2.75) is 56.3 Å². The van der Waals surface area contributed by atoms with Crippen LogP contribution in [-0.4, -0.2) is 151 Å². The first-order valence-corrected chi connectivity index (χ1v) is 18.8. The van der Waals surface area contributed by atoms with Crippen LogP contribution in [0.2, 0.25) is 0 Å². The molecule has 19 N–H and O–H groups in total. The van der Waals surface area contributed by atoms with Crippen molar-refractivity contribution in [1.82, 2.24) is 58.2 Å². The van der Waals surface area contributed by atoms with Crippen LogP contribution >= 0.6 is 0 Å². The number of rotatable bonds is 28. The average Bonchev–Trinajstić information content (AvgIpc) is 3.63. The summed E-state index contributed by atoms with van der Waals surface area (Å²) in [6.45, 7) is -3.15. The van der Waals surface area contributed by atoms with Crippen molar-refractivity contribution in [3.63, 3.8) is 0 Å². The van der Waals surface area contributed by atoms with Gasteiger partial charge in [-0.15, -0.1) is 0 Å². The van der Waals surface area contributed by atoms with Crippen molar-refractivity contribution >= 4 is 76.6 Å². The highest BCUT2D eigenvalue weighted by atomic mass is 16.4. The average molecular weight is 860 g/mol. The van der Waals surface area contributed by atoms with Crippen LogP contribution in [0.4, 0.5) is 0 Å². The molecule has 0 bridgehead atoms. The number of carbonyl (C=O) groups is 9. The fourth-order valence-electron chi connectivity index (χ4n) is 5.50.